The summed E-state index contributed by atoms with van der Waals surface area (Å²) in [5, 5.41) is 22.1. The second-order valence-electron chi connectivity index (χ2n) is 5.45. The second-order valence-corrected chi connectivity index (χ2v) is 5.45. The van der Waals surface area contributed by atoms with Crippen molar-refractivity contribution in [3.63, 3.8) is 0 Å². The molecule has 1 aliphatic carbocycles. The Kier molecular flexibility index (Phi) is 4.69. The van der Waals surface area contributed by atoms with Crippen LogP contribution in [0.25, 0.3) is 0 Å². The van der Waals surface area contributed by atoms with Crippen molar-refractivity contribution >= 4 is 5.91 Å². The molecule has 0 aromatic heterocycles. The molecule has 21 heavy (non-hydrogen) atoms. The molecule has 5 heteroatoms. The lowest BCUT2D eigenvalue weighted by molar-refractivity contribution is 0.0910. The third kappa shape index (κ3) is 3.46. The lowest BCUT2D eigenvalue weighted by atomic mass is 9.91. The summed E-state index contributed by atoms with van der Waals surface area (Å²) in [6, 6.07) is 6.74. The van der Waals surface area contributed by atoms with Gasteiger partial charge in [0.15, 0.2) is 0 Å². The zero-order valence-electron chi connectivity index (χ0n) is 12.2. The van der Waals surface area contributed by atoms with Gasteiger partial charge in [-0.2, -0.15) is 5.26 Å². The predicted octanol–water partition coefficient (Wildman–Crippen LogP) is 2.75. The van der Waals surface area contributed by atoms with E-state index >= 15 is 0 Å². The van der Waals surface area contributed by atoms with E-state index in [2.05, 4.69) is 11.4 Å². The van der Waals surface area contributed by atoms with Crippen molar-refractivity contribution in [2.45, 2.75) is 44.1 Å². The molecule has 112 valence electrons. The SMILES string of the molecule is COc1ccc(O)c(C(=O)NC2(C#N)CCCCCC2)c1. The normalized spacial score (nSPS) is 17.3. The van der Waals surface area contributed by atoms with Crippen LogP contribution >= 0.6 is 0 Å². The van der Waals surface area contributed by atoms with Gasteiger partial charge in [0, 0.05) is 0 Å². The monoisotopic (exact) mass is 288 g/mol. The predicted molar refractivity (Wildman–Crippen MR) is 78.2 cm³/mol. The second kappa shape index (κ2) is 6.49. The number of phenols is 1. The van der Waals surface area contributed by atoms with E-state index in [9.17, 15) is 15.2 Å². The van der Waals surface area contributed by atoms with Crippen molar-refractivity contribution in [3.8, 4) is 17.6 Å². The number of ether oxygens (including phenoxy) is 1. The number of nitriles is 1. The van der Waals surface area contributed by atoms with Crippen LogP contribution in [-0.2, 0) is 0 Å². The van der Waals surface area contributed by atoms with E-state index in [0.29, 0.717) is 18.6 Å². The molecule has 1 aromatic rings. The third-order valence-electron chi connectivity index (χ3n) is 3.97. The van der Waals surface area contributed by atoms with Crippen LogP contribution < -0.4 is 10.1 Å². The molecule has 1 amide bonds. The number of carbonyl (C=O) groups excluding carboxylic acids is 1. The zero-order chi connectivity index (χ0) is 15.3. The van der Waals surface area contributed by atoms with Gasteiger partial charge in [0.2, 0.25) is 0 Å². The van der Waals surface area contributed by atoms with Crippen LogP contribution in [0.2, 0.25) is 0 Å². The fourth-order valence-electron chi connectivity index (χ4n) is 2.71. The first-order valence-electron chi connectivity index (χ1n) is 7.21. The summed E-state index contributed by atoms with van der Waals surface area (Å²) < 4.78 is 5.07. The molecule has 1 saturated carbocycles. The van der Waals surface area contributed by atoms with Gasteiger partial charge in [0.1, 0.15) is 17.0 Å². The number of benzene rings is 1. The Balaban J connectivity index is 2.21. The summed E-state index contributed by atoms with van der Waals surface area (Å²) in [6.07, 6.45) is 5.34. The van der Waals surface area contributed by atoms with E-state index in [0.717, 1.165) is 25.7 Å². The number of phenolic OH excluding ortho intramolecular Hbond substituents is 1. The topological polar surface area (TPSA) is 82.3 Å². The maximum atomic E-state index is 12.4. The summed E-state index contributed by atoms with van der Waals surface area (Å²) in [5.74, 6) is -0.0605. The molecule has 0 bridgehead atoms. The lowest BCUT2D eigenvalue weighted by Crippen LogP contribution is -2.47. The van der Waals surface area contributed by atoms with Gasteiger partial charge in [-0.1, -0.05) is 25.7 Å². The first-order chi connectivity index (χ1) is 10.1. The van der Waals surface area contributed by atoms with Gasteiger partial charge in [-0.25, -0.2) is 0 Å². The minimum Gasteiger partial charge on any atom is -0.507 e. The highest BCUT2D eigenvalue weighted by Gasteiger charge is 2.33. The van der Waals surface area contributed by atoms with Crippen LogP contribution in [-0.4, -0.2) is 23.7 Å². The molecular formula is C16H20N2O3. The van der Waals surface area contributed by atoms with Crippen molar-refractivity contribution in [2.75, 3.05) is 7.11 Å². The maximum Gasteiger partial charge on any atom is 0.256 e. The number of nitrogens with one attached hydrogen (secondary N) is 1. The Morgan fingerprint density at radius 3 is 2.57 bits per heavy atom. The highest BCUT2D eigenvalue weighted by atomic mass is 16.5. The van der Waals surface area contributed by atoms with Crippen molar-refractivity contribution < 1.29 is 14.6 Å². The van der Waals surface area contributed by atoms with E-state index in [1.54, 1.807) is 6.07 Å². The minimum atomic E-state index is -0.830. The fourth-order valence-corrected chi connectivity index (χ4v) is 2.71. The van der Waals surface area contributed by atoms with Gasteiger partial charge in [-0.3, -0.25) is 4.79 Å². The number of methoxy groups -OCH3 is 1. The van der Waals surface area contributed by atoms with E-state index < -0.39 is 11.4 Å². The zero-order valence-corrected chi connectivity index (χ0v) is 12.2. The highest BCUT2D eigenvalue weighted by Crippen LogP contribution is 2.28. The van der Waals surface area contributed by atoms with Crippen LogP contribution in [0.5, 0.6) is 11.5 Å². The molecule has 0 spiro atoms. The third-order valence-corrected chi connectivity index (χ3v) is 3.97. The number of amides is 1. The smallest absolute Gasteiger partial charge is 0.256 e. The van der Waals surface area contributed by atoms with Crippen LogP contribution in [0, 0.1) is 11.3 Å². The van der Waals surface area contributed by atoms with Crippen LogP contribution in [0.15, 0.2) is 18.2 Å². The molecule has 0 heterocycles. The Labute approximate surface area is 124 Å². The highest BCUT2D eigenvalue weighted by molar-refractivity contribution is 5.97. The van der Waals surface area contributed by atoms with Crippen LogP contribution in [0.3, 0.4) is 0 Å². The molecule has 5 nitrogen and oxygen atoms in total. The Morgan fingerprint density at radius 1 is 1.33 bits per heavy atom. The summed E-state index contributed by atoms with van der Waals surface area (Å²) in [5.41, 5.74) is -0.698. The number of aromatic hydroxyl groups is 1. The first-order valence-corrected chi connectivity index (χ1v) is 7.21. The van der Waals surface area contributed by atoms with E-state index in [1.165, 1.54) is 19.2 Å². The van der Waals surface area contributed by atoms with E-state index in [1.807, 2.05) is 0 Å². The standard InChI is InChI=1S/C16H20N2O3/c1-21-12-6-7-14(19)13(10-12)15(20)18-16(11-17)8-4-2-3-5-9-16/h6-7,10,19H,2-5,8-9H2,1H3,(H,18,20). The summed E-state index contributed by atoms with van der Waals surface area (Å²) in [4.78, 5) is 12.4. The summed E-state index contributed by atoms with van der Waals surface area (Å²) >= 11 is 0. The summed E-state index contributed by atoms with van der Waals surface area (Å²) in [6.45, 7) is 0. The van der Waals surface area contributed by atoms with Crippen LogP contribution in [0.1, 0.15) is 48.9 Å². The van der Waals surface area contributed by atoms with Gasteiger partial charge < -0.3 is 15.2 Å². The van der Waals surface area contributed by atoms with Crippen molar-refractivity contribution in [3.05, 3.63) is 23.8 Å². The summed E-state index contributed by atoms with van der Waals surface area (Å²) in [7, 11) is 1.50. The van der Waals surface area contributed by atoms with Gasteiger partial charge >= 0.3 is 0 Å². The van der Waals surface area contributed by atoms with E-state index in [4.69, 9.17) is 4.74 Å². The average Bonchev–Trinajstić information content (AvgIpc) is 2.74. The van der Waals surface area contributed by atoms with Gasteiger partial charge in [0.05, 0.1) is 18.7 Å². The van der Waals surface area contributed by atoms with Crippen molar-refractivity contribution in [1.29, 1.82) is 5.26 Å². The minimum absolute atomic E-state index is 0.116. The lowest BCUT2D eigenvalue weighted by Gasteiger charge is -2.26. The first kappa shape index (κ1) is 15.2. The quantitative estimate of drug-likeness (QED) is 0.838. The van der Waals surface area contributed by atoms with Crippen molar-refractivity contribution in [1.82, 2.24) is 5.32 Å². The molecule has 2 rings (SSSR count). The van der Waals surface area contributed by atoms with Crippen molar-refractivity contribution in [2.24, 2.45) is 0 Å². The Hall–Kier alpha value is -2.22. The average molecular weight is 288 g/mol. The molecule has 0 radical (unpaired) electrons. The van der Waals surface area contributed by atoms with Gasteiger partial charge in [-0.05, 0) is 31.0 Å². The number of carbonyl (C=O) groups is 1. The number of hydrogen-bond acceptors (Lipinski definition) is 4. The van der Waals surface area contributed by atoms with Gasteiger partial charge in [0.25, 0.3) is 5.91 Å². The molecule has 1 aromatic carbocycles. The molecule has 2 N–H and O–H groups in total. The molecule has 0 unspecified atom stereocenters. The Morgan fingerprint density at radius 2 is 2.00 bits per heavy atom. The maximum absolute atomic E-state index is 12.4. The number of nitrogens with zero attached hydrogens (tertiary/aromatic N) is 1. The Bertz CT molecular complexity index is 555. The van der Waals surface area contributed by atoms with Crippen LogP contribution in [0.4, 0.5) is 0 Å². The molecule has 0 saturated heterocycles. The molecule has 1 fully saturated rings. The molecule has 0 atom stereocenters. The van der Waals surface area contributed by atoms with Gasteiger partial charge in [-0.15, -0.1) is 0 Å². The number of rotatable bonds is 3. The molecular weight excluding hydrogens is 268 g/mol. The molecule has 1 aliphatic rings. The molecule has 0 aliphatic heterocycles. The fraction of sp³-hybridized carbons (Fsp3) is 0.500. The van der Waals surface area contributed by atoms with E-state index in [-0.39, 0.29) is 11.3 Å². The largest absolute Gasteiger partial charge is 0.507 e. The number of hydrogen-bond donors (Lipinski definition) is 2.